The highest BCUT2D eigenvalue weighted by molar-refractivity contribution is 5.93. The second-order valence-corrected chi connectivity index (χ2v) is 8.86. The van der Waals surface area contributed by atoms with Crippen molar-refractivity contribution in [3.63, 3.8) is 0 Å². The molecule has 0 aliphatic rings. The van der Waals surface area contributed by atoms with Gasteiger partial charge in [0.15, 0.2) is 11.5 Å². The summed E-state index contributed by atoms with van der Waals surface area (Å²) in [5.74, 6) is 0.819. The molecule has 37 heavy (non-hydrogen) atoms. The lowest BCUT2D eigenvalue weighted by Gasteiger charge is -2.28. The number of primary amides is 1. The summed E-state index contributed by atoms with van der Waals surface area (Å²) in [5, 5.41) is 0. The molecule has 0 fully saturated rings. The molecule has 4 aromatic rings. The van der Waals surface area contributed by atoms with Crippen molar-refractivity contribution in [2.45, 2.75) is 18.9 Å². The Morgan fingerprint density at radius 1 is 0.892 bits per heavy atom. The van der Waals surface area contributed by atoms with Crippen LogP contribution in [0, 0.1) is 0 Å². The molecule has 190 valence electrons. The Morgan fingerprint density at radius 3 is 2.16 bits per heavy atom. The normalized spacial score (nSPS) is 11.0. The third kappa shape index (κ3) is 7.41. The van der Waals surface area contributed by atoms with Crippen molar-refractivity contribution in [1.82, 2.24) is 9.88 Å². The van der Waals surface area contributed by atoms with Crippen LogP contribution in [0.4, 0.5) is 0 Å². The van der Waals surface area contributed by atoms with Crippen molar-refractivity contribution < 1.29 is 14.3 Å². The highest BCUT2D eigenvalue weighted by Crippen LogP contribution is 2.29. The molecule has 4 rings (SSSR count). The summed E-state index contributed by atoms with van der Waals surface area (Å²) < 4.78 is 11.4. The van der Waals surface area contributed by atoms with Crippen molar-refractivity contribution in [2.75, 3.05) is 26.8 Å². The maximum absolute atomic E-state index is 11.5. The minimum atomic E-state index is -0.499. The maximum atomic E-state index is 11.5. The first-order chi connectivity index (χ1) is 18.1. The zero-order valence-corrected chi connectivity index (χ0v) is 21.1. The summed E-state index contributed by atoms with van der Waals surface area (Å²) >= 11 is 0. The fourth-order valence-corrected chi connectivity index (χ4v) is 4.40. The fourth-order valence-electron chi connectivity index (χ4n) is 4.40. The Hall–Kier alpha value is -4.16. The maximum Gasteiger partial charge on any atom is 0.248 e. The Morgan fingerprint density at radius 2 is 1.57 bits per heavy atom. The van der Waals surface area contributed by atoms with Crippen LogP contribution in [0.3, 0.4) is 0 Å². The van der Waals surface area contributed by atoms with Crippen molar-refractivity contribution in [3.05, 3.63) is 126 Å². The molecule has 0 saturated heterocycles. The van der Waals surface area contributed by atoms with Gasteiger partial charge in [-0.2, -0.15) is 0 Å². The quantitative estimate of drug-likeness (QED) is 0.255. The molecule has 1 heterocycles. The van der Waals surface area contributed by atoms with Gasteiger partial charge in [-0.3, -0.25) is 14.7 Å². The standard InChI is InChI=1S/C31H33N3O3/c1-36-30-21-26(31(32)35)16-17-29(30)37-20-10-19-34(22-27-15-8-9-18-33-27)23-28(24-11-4-2-5-12-24)25-13-6-3-7-14-25/h2-9,11-18,21,28H,10,19-20,22-23H2,1H3,(H2,32,35). The highest BCUT2D eigenvalue weighted by atomic mass is 16.5. The molecular weight excluding hydrogens is 462 g/mol. The van der Waals surface area contributed by atoms with Crippen LogP contribution < -0.4 is 15.2 Å². The van der Waals surface area contributed by atoms with E-state index in [2.05, 4.69) is 76.6 Å². The second kappa shape index (κ2) is 13.2. The number of carbonyl (C=O) groups excluding carboxylic acids is 1. The van der Waals surface area contributed by atoms with Gasteiger partial charge in [0, 0.05) is 37.3 Å². The summed E-state index contributed by atoms with van der Waals surface area (Å²) in [4.78, 5) is 18.5. The summed E-state index contributed by atoms with van der Waals surface area (Å²) in [6, 6.07) is 32.3. The lowest BCUT2D eigenvalue weighted by atomic mass is 9.90. The number of nitrogens with zero attached hydrogens (tertiary/aromatic N) is 2. The van der Waals surface area contributed by atoms with E-state index < -0.39 is 5.91 Å². The van der Waals surface area contributed by atoms with Crippen LogP contribution in [-0.4, -0.2) is 42.6 Å². The molecule has 3 aromatic carbocycles. The molecule has 0 bridgehead atoms. The average molecular weight is 496 g/mol. The van der Waals surface area contributed by atoms with Crippen molar-refractivity contribution in [1.29, 1.82) is 0 Å². The van der Waals surface area contributed by atoms with Gasteiger partial charge in [-0.25, -0.2) is 0 Å². The van der Waals surface area contributed by atoms with E-state index in [-0.39, 0.29) is 5.92 Å². The zero-order valence-electron chi connectivity index (χ0n) is 21.1. The van der Waals surface area contributed by atoms with Gasteiger partial charge >= 0.3 is 0 Å². The number of ether oxygens (including phenoxy) is 2. The molecule has 0 aliphatic heterocycles. The topological polar surface area (TPSA) is 77.7 Å². The minimum absolute atomic E-state index is 0.230. The predicted octanol–water partition coefficient (Wildman–Crippen LogP) is 5.29. The fraction of sp³-hybridized carbons (Fsp3) is 0.226. The van der Waals surface area contributed by atoms with Gasteiger partial charge in [-0.05, 0) is 47.9 Å². The predicted molar refractivity (Wildman–Crippen MR) is 146 cm³/mol. The van der Waals surface area contributed by atoms with Gasteiger partial charge < -0.3 is 15.2 Å². The molecule has 0 radical (unpaired) electrons. The summed E-state index contributed by atoms with van der Waals surface area (Å²) in [7, 11) is 1.55. The average Bonchev–Trinajstić information content (AvgIpc) is 2.95. The highest BCUT2D eigenvalue weighted by Gasteiger charge is 2.19. The number of benzene rings is 3. The molecule has 1 amide bonds. The lowest BCUT2D eigenvalue weighted by molar-refractivity contribution is 0.1000. The van der Waals surface area contributed by atoms with E-state index in [1.807, 2.05) is 18.3 Å². The van der Waals surface area contributed by atoms with E-state index in [4.69, 9.17) is 15.2 Å². The zero-order chi connectivity index (χ0) is 25.9. The SMILES string of the molecule is COc1cc(C(N)=O)ccc1OCCCN(Cc1ccccn1)CC(c1ccccc1)c1ccccc1. The largest absolute Gasteiger partial charge is 0.493 e. The number of nitrogens with two attached hydrogens (primary N) is 1. The minimum Gasteiger partial charge on any atom is -0.493 e. The molecule has 0 saturated carbocycles. The Bertz CT molecular complexity index is 1210. The number of hydrogen-bond acceptors (Lipinski definition) is 5. The van der Waals surface area contributed by atoms with Crippen LogP contribution in [0.25, 0.3) is 0 Å². The second-order valence-electron chi connectivity index (χ2n) is 8.86. The number of aromatic nitrogens is 1. The van der Waals surface area contributed by atoms with Gasteiger partial charge in [-0.15, -0.1) is 0 Å². The van der Waals surface area contributed by atoms with E-state index in [9.17, 15) is 4.79 Å². The van der Waals surface area contributed by atoms with E-state index in [0.29, 0.717) is 23.7 Å². The number of amides is 1. The summed E-state index contributed by atoms with van der Waals surface area (Å²) in [6.45, 7) is 2.93. The van der Waals surface area contributed by atoms with Crippen molar-refractivity contribution in [2.24, 2.45) is 5.73 Å². The lowest BCUT2D eigenvalue weighted by Crippen LogP contribution is -2.31. The van der Waals surface area contributed by atoms with E-state index in [1.54, 1.807) is 25.3 Å². The van der Waals surface area contributed by atoms with Crippen LogP contribution in [0.1, 0.15) is 39.5 Å². The molecule has 2 N–H and O–H groups in total. The first-order valence-corrected chi connectivity index (χ1v) is 12.5. The van der Waals surface area contributed by atoms with Crippen molar-refractivity contribution in [3.8, 4) is 11.5 Å². The van der Waals surface area contributed by atoms with Gasteiger partial charge in [0.25, 0.3) is 0 Å². The number of methoxy groups -OCH3 is 1. The molecular formula is C31H33N3O3. The molecule has 0 atom stereocenters. The monoisotopic (exact) mass is 495 g/mol. The first-order valence-electron chi connectivity index (χ1n) is 12.5. The molecule has 0 unspecified atom stereocenters. The molecule has 0 aliphatic carbocycles. The molecule has 6 heteroatoms. The Labute approximate surface area is 218 Å². The van der Waals surface area contributed by atoms with E-state index in [0.717, 1.165) is 31.7 Å². The Kier molecular flexibility index (Phi) is 9.27. The van der Waals surface area contributed by atoms with E-state index >= 15 is 0 Å². The van der Waals surface area contributed by atoms with Gasteiger partial charge in [0.05, 0.1) is 19.4 Å². The number of carbonyl (C=O) groups is 1. The number of rotatable bonds is 13. The summed E-state index contributed by atoms with van der Waals surface area (Å²) in [5.41, 5.74) is 9.38. The molecule has 0 spiro atoms. The van der Waals surface area contributed by atoms with Crippen LogP contribution >= 0.6 is 0 Å². The van der Waals surface area contributed by atoms with Crippen LogP contribution in [0.2, 0.25) is 0 Å². The number of pyridine rings is 1. The van der Waals surface area contributed by atoms with Crippen LogP contribution in [0.15, 0.2) is 103 Å². The van der Waals surface area contributed by atoms with Crippen molar-refractivity contribution >= 4 is 5.91 Å². The smallest absolute Gasteiger partial charge is 0.248 e. The summed E-state index contributed by atoms with van der Waals surface area (Å²) in [6.07, 6.45) is 2.65. The third-order valence-electron chi connectivity index (χ3n) is 6.28. The van der Waals surface area contributed by atoms with Gasteiger partial charge in [0.2, 0.25) is 5.91 Å². The van der Waals surface area contributed by atoms with E-state index in [1.165, 1.54) is 11.1 Å². The van der Waals surface area contributed by atoms with Gasteiger partial charge in [0.1, 0.15) is 0 Å². The first kappa shape index (κ1) is 25.9. The number of hydrogen-bond donors (Lipinski definition) is 1. The van der Waals surface area contributed by atoms with Crippen LogP contribution in [0.5, 0.6) is 11.5 Å². The molecule has 6 nitrogen and oxygen atoms in total. The Balaban J connectivity index is 1.47. The van der Waals surface area contributed by atoms with Gasteiger partial charge in [-0.1, -0.05) is 66.7 Å². The third-order valence-corrected chi connectivity index (χ3v) is 6.28. The molecule has 1 aromatic heterocycles. The van der Waals surface area contributed by atoms with Crippen LogP contribution in [-0.2, 0) is 6.54 Å².